The minimum atomic E-state index is 0.766. The van der Waals surface area contributed by atoms with Crippen molar-refractivity contribution in [3.05, 3.63) is 65.7 Å². The number of nitrogens with one attached hydrogen (secondary N) is 1. The van der Waals surface area contributed by atoms with E-state index in [1.54, 1.807) is 7.11 Å². The third kappa shape index (κ3) is 2.83. The van der Waals surface area contributed by atoms with Gasteiger partial charge in [-0.2, -0.15) is 5.10 Å². The van der Waals surface area contributed by atoms with Crippen LogP contribution in [0.15, 0.2) is 59.7 Å². The molecular weight excluding hydrogens is 298 g/mol. The van der Waals surface area contributed by atoms with Crippen molar-refractivity contribution in [1.82, 2.24) is 4.98 Å². The number of fused-ring (bicyclic) bond motifs is 2. The molecule has 0 spiro atoms. The molecule has 3 aromatic rings. The molecule has 0 atom stereocenters. The number of rotatable bonds is 3. The monoisotopic (exact) mass is 317 g/mol. The van der Waals surface area contributed by atoms with E-state index in [-0.39, 0.29) is 0 Å². The van der Waals surface area contributed by atoms with Gasteiger partial charge in [0.05, 0.1) is 18.3 Å². The molecule has 4 nitrogen and oxygen atoms in total. The number of pyridine rings is 1. The molecule has 0 unspecified atom stereocenters. The van der Waals surface area contributed by atoms with Crippen molar-refractivity contribution in [2.75, 3.05) is 12.5 Å². The van der Waals surface area contributed by atoms with Crippen LogP contribution in [0.1, 0.15) is 24.0 Å². The van der Waals surface area contributed by atoms with Crippen LogP contribution in [0.3, 0.4) is 0 Å². The smallest absolute Gasteiger partial charge is 0.146 e. The summed E-state index contributed by atoms with van der Waals surface area (Å²) in [5.74, 6) is 1.67. The third-order valence-electron chi connectivity index (χ3n) is 4.39. The third-order valence-corrected chi connectivity index (χ3v) is 4.39. The number of ether oxygens (including phenoxy) is 1. The summed E-state index contributed by atoms with van der Waals surface area (Å²) in [5, 5.41) is 5.75. The molecule has 1 aliphatic carbocycles. The van der Waals surface area contributed by atoms with Gasteiger partial charge >= 0.3 is 0 Å². The highest BCUT2D eigenvalue weighted by molar-refractivity contribution is 6.03. The molecule has 4 heteroatoms. The van der Waals surface area contributed by atoms with E-state index in [1.807, 2.05) is 30.3 Å². The molecule has 120 valence electrons. The summed E-state index contributed by atoms with van der Waals surface area (Å²) < 4.78 is 5.32. The van der Waals surface area contributed by atoms with Crippen molar-refractivity contribution in [2.45, 2.75) is 19.3 Å². The Balaban J connectivity index is 1.62. The Bertz CT molecular complexity index is 918. The van der Waals surface area contributed by atoms with Crippen molar-refractivity contribution in [1.29, 1.82) is 0 Å². The summed E-state index contributed by atoms with van der Waals surface area (Å²) in [7, 11) is 1.70. The maximum Gasteiger partial charge on any atom is 0.146 e. The number of benzene rings is 2. The van der Waals surface area contributed by atoms with Gasteiger partial charge in [0.25, 0.3) is 0 Å². The zero-order valence-electron chi connectivity index (χ0n) is 13.6. The highest BCUT2D eigenvalue weighted by Gasteiger charge is 2.16. The van der Waals surface area contributed by atoms with Gasteiger partial charge in [-0.1, -0.05) is 18.2 Å². The normalized spacial score (nSPS) is 15.3. The average Bonchev–Trinajstić information content (AvgIpc) is 2.65. The fraction of sp³-hybridized carbons (Fsp3) is 0.200. The summed E-state index contributed by atoms with van der Waals surface area (Å²) in [4.78, 5) is 4.60. The summed E-state index contributed by atoms with van der Waals surface area (Å²) in [6, 6.07) is 18.3. The first-order valence-electron chi connectivity index (χ1n) is 8.19. The van der Waals surface area contributed by atoms with E-state index in [0.717, 1.165) is 47.4 Å². The van der Waals surface area contributed by atoms with Gasteiger partial charge in [-0.25, -0.2) is 4.98 Å². The van der Waals surface area contributed by atoms with E-state index in [9.17, 15) is 0 Å². The minimum absolute atomic E-state index is 0.766. The molecule has 0 fully saturated rings. The zero-order chi connectivity index (χ0) is 16.4. The molecular formula is C20H19N3O. The lowest BCUT2D eigenvalue weighted by Gasteiger charge is -2.18. The molecule has 1 aliphatic rings. The Morgan fingerprint density at radius 1 is 1.04 bits per heavy atom. The molecule has 24 heavy (non-hydrogen) atoms. The second kappa shape index (κ2) is 6.32. The fourth-order valence-electron chi connectivity index (χ4n) is 3.14. The molecule has 2 aromatic carbocycles. The van der Waals surface area contributed by atoms with E-state index in [4.69, 9.17) is 4.74 Å². The molecule has 0 aliphatic heterocycles. The Labute approximate surface area is 141 Å². The molecule has 4 rings (SSSR count). The number of nitrogens with zero attached hydrogens (tertiary/aromatic N) is 2. The largest absolute Gasteiger partial charge is 0.497 e. The van der Waals surface area contributed by atoms with Crippen LogP contribution < -0.4 is 10.2 Å². The summed E-state index contributed by atoms with van der Waals surface area (Å²) in [6.07, 6.45) is 3.14. The summed E-state index contributed by atoms with van der Waals surface area (Å²) in [5.41, 5.74) is 7.67. The molecule has 0 radical (unpaired) electrons. The highest BCUT2D eigenvalue weighted by Crippen LogP contribution is 2.26. The SMILES string of the molecule is COc1ccc2c(c1)CCC/C2=N\Nc1ccc2ccccc2n1. The Hall–Kier alpha value is -2.88. The zero-order valence-corrected chi connectivity index (χ0v) is 13.6. The molecule has 0 saturated heterocycles. The van der Waals surface area contributed by atoms with Gasteiger partial charge in [0.15, 0.2) is 0 Å². The molecule has 0 saturated carbocycles. The topological polar surface area (TPSA) is 46.5 Å². The maximum atomic E-state index is 5.32. The standard InChI is InChI=1S/C20H19N3O/c1-24-16-10-11-17-15(13-16)6-4-8-19(17)22-23-20-12-9-14-5-2-3-7-18(14)21-20/h2-3,5,7,9-13H,4,6,8H2,1H3,(H,21,23)/b22-19+. The lowest BCUT2D eigenvalue weighted by molar-refractivity contribution is 0.414. The van der Waals surface area contributed by atoms with Gasteiger partial charge in [0, 0.05) is 10.9 Å². The fourth-order valence-corrected chi connectivity index (χ4v) is 3.14. The molecule has 1 heterocycles. The maximum absolute atomic E-state index is 5.32. The van der Waals surface area contributed by atoms with Crippen LogP contribution in [-0.4, -0.2) is 17.8 Å². The second-order valence-corrected chi connectivity index (χ2v) is 5.94. The predicted molar refractivity (Wildman–Crippen MR) is 97.8 cm³/mol. The van der Waals surface area contributed by atoms with Crippen LogP contribution in [0.2, 0.25) is 0 Å². The number of anilines is 1. The van der Waals surface area contributed by atoms with Gasteiger partial charge in [-0.15, -0.1) is 0 Å². The number of methoxy groups -OCH3 is 1. The van der Waals surface area contributed by atoms with Crippen LogP contribution in [0.5, 0.6) is 5.75 Å². The molecule has 1 N–H and O–H groups in total. The van der Waals surface area contributed by atoms with Gasteiger partial charge in [0.1, 0.15) is 11.6 Å². The predicted octanol–water partition coefficient (Wildman–Crippen LogP) is 4.40. The van der Waals surface area contributed by atoms with E-state index in [2.05, 4.69) is 39.8 Å². The van der Waals surface area contributed by atoms with E-state index in [1.165, 1.54) is 11.1 Å². The van der Waals surface area contributed by atoms with Gasteiger partial charge in [0.2, 0.25) is 0 Å². The first-order chi connectivity index (χ1) is 11.8. The van der Waals surface area contributed by atoms with Crippen molar-refractivity contribution in [3.8, 4) is 5.75 Å². The Kier molecular flexibility index (Phi) is 3.87. The first-order valence-corrected chi connectivity index (χ1v) is 8.19. The van der Waals surface area contributed by atoms with Crippen molar-refractivity contribution >= 4 is 22.4 Å². The van der Waals surface area contributed by atoms with E-state index >= 15 is 0 Å². The lowest BCUT2D eigenvalue weighted by Crippen LogP contribution is -2.13. The molecule has 0 bridgehead atoms. The number of para-hydroxylation sites is 1. The minimum Gasteiger partial charge on any atom is -0.497 e. The van der Waals surface area contributed by atoms with Crippen molar-refractivity contribution < 1.29 is 4.74 Å². The van der Waals surface area contributed by atoms with Crippen LogP contribution >= 0.6 is 0 Å². The van der Waals surface area contributed by atoms with Crippen LogP contribution in [0.4, 0.5) is 5.82 Å². The quantitative estimate of drug-likeness (QED) is 0.729. The second-order valence-electron chi connectivity index (χ2n) is 5.94. The summed E-state index contributed by atoms with van der Waals surface area (Å²) in [6.45, 7) is 0. The van der Waals surface area contributed by atoms with Crippen molar-refractivity contribution in [2.24, 2.45) is 5.10 Å². The number of aryl methyl sites for hydroxylation is 1. The number of hydrogen-bond donors (Lipinski definition) is 1. The van der Waals surface area contributed by atoms with E-state index < -0.39 is 0 Å². The van der Waals surface area contributed by atoms with Gasteiger partial charge < -0.3 is 4.74 Å². The Morgan fingerprint density at radius 3 is 2.88 bits per heavy atom. The van der Waals surface area contributed by atoms with Crippen LogP contribution in [-0.2, 0) is 6.42 Å². The Morgan fingerprint density at radius 2 is 1.96 bits per heavy atom. The van der Waals surface area contributed by atoms with Crippen molar-refractivity contribution in [3.63, 3.8) is 0 Å². The average molecular weight is 317 g/mol. The number of aromatic nitrogens is 1. The van der Waals surface area contributed by atoms with Crippen LogP contribution in [0.25, 0.3) is 10.9 Å². The first kappa shape index (κ1) is 14.7. The van der Waals surface area contributed by atoms with Crippen LogP contribution in [0, 0.1) is 0 Å². The molecule has 0 amide bonds. The molecule has 1 aromatic heterocycles. The number of hydrazone groups is 1. The summed E-state index contributed by atoms with van der Waals surface area (Å²) >= 11 is 0. The van der Waals surface area contributed by atoms with Gasteiger partial charge in [-0.3, -0.25) is 5.43 Å². The van der Waals surface area contributed by atoms with E-state index in [0.29, 0.717) is 0 Å². The number of hydrogen-bond acceptors (Lipinski definition) is 4. The lowest BCUT2D eigenvalue weighted by atomic mass is 9.90. The van der Waals surface area contributed by atoms with Gasteiger partial charge in [-0.05, 0) is 61.2 Å². The highest BCUT2D eigenvalue weighted by atomic mass is 16.5.